The summed E-state index contributed by atoms with van der Waals surface area (Å²) in [6, 6.07) is 31.9. The number of nitrogens with zero attached hydrogens (tertiary/aromatic N) is 8. The van der Waals surface area contributed by atoms with Gasteiger partial charge in [0.2, 0.25) is 11.8 Å². The molecule has 324 valence electrons. The second-order valence-electron chi connectivity index (χ2n) is 14.2. The van der Waals surface area contributed by atoms with E-state index in [1.54, 1.807) is 76.7 Å². The number of aryl methyl sites for hydroxylation is 1. The molecule has 2 aliphatic rings. The van der Waals surface area contributed by atoms with Crippen LogP contribution in [-0.4, -0.2) is 100 Å². The number of amides is 3. The molecule has 6 aromatic rings. The number of carbonyl (C=O) groups excluding carboxylic acids is 3. The van der Waals surface area contributed by atoms with Gasteiger partial charge in [-0.1, -0.05) is 30.3 Å². The quantitative estimate of drug-likeness (QED) is 0.158. The number of alkyl halides is 3. The lowest BCUT2D eigenvalue weighted by Gasteiger charge is -2.34. The van der Waals surface area contributed by atoms with Crippen molar-refractivity contribution in [1.29, 1.82) is 0 Å². The number of hydrogen-bond donors (Lipinski definition) is 1. The van der Waals surface area contributed by atoms with Crippen molar-refractivity contribution < 1.29 is 41.8 Å². The molecule has 4 aromatic heterocycles. The van der Waals surface area contributed by atoms with Crippen molar-refractivity contribution in [3.05, 3.63) is 151 Å². The number of rotatable bonds is 8. The van der Waals surface area contributed by atoms with Gasteiger partial charge in [-0.15, -0.1) is 0 Å². The molecule has 2 aliphatic heterocycles. The third-order valence-electron chi connectivity index (χ3n) is 9.78. The zero-order valence-electron chi connectivity index (χ0n) is 34.0. The Balaban J connectivity index is 0.000000190. The smallest absolute Gasteiger partial charge is 0.417 e. The second kappa shape index (κ2) is 20.2. The molecule has 0 aliphatic carbocycles. The normalized spacial score (nSPS) is 13.9. The first-order chi connectivity index (χ1) is 30.5. The van der Waals surface area contributed by atoms with Crippen LogP contribution in [0.15, 0.2) is 134 Å². The van der Waals surface area contributed by atoms with E-state index in [0.29, 0.717) is 81.3 Å². The summed E-state index contributed by atoms with van der Waals surface area (Å²) in [5.41, 5.74) is 1.16. The van der Waals surface area contributed by atoms with Crippen LogP contribution in [0, 0.1) is 6.92 Å². The Labute approximate surface area is 360 Å². The summed E-state index contributed by atoms with van der Waals surface area (Å²) in [5, 5.41) is 2.76. The van der Waals surface area contributed by atoms with Crippen LogP contribution in [0.2, 0.25) is 0 Å². The number of piperazine rings is 2. The third-order valence-corrected chi connectivity index (χ3v) is 9.78. The van der Waals surface area contributed by atoms with Gasteiger partial charge in [0.15, 0.2) is 0 Å². The first-order valence-corrected chi connectivity index (χ1v) is 19.9. The molecule has 18 heteroatoms. The Kier molecular flexibility index (Phi) is 13.9. The van der Waals surface area contributed by atoms with E-state index in [1.165, 1.54) is 6.20 Å². The van der Waals surface area contributed by atoms with Gasteiger partial charge in [0.25, 0.3) is 5.91 Å². The number of ether oxygens (including phenoxy) is 3. The predicted molar refractivity (Wildman–Crippen MR) is 227 cm³/mol. The van der Waals surface area contributed by atoms with E-state index in [9.17, 15) is 27.6 Å². The van der Waals surface area contributed by atoms with Crippen molar-refractivity contribution in [1.82, 2.24) is 29.7 Å². The van der Waals surface area contributed by atoms with Gasteiger partial charge in [-0.05, 0) is 79.7 Å². The lowest BCUT2D eigenvalue weighted by molar-refractivity contribution is -0.137. The number of pyridine rings is 4. The maximum Gasteiger partial charge on any atom is 0.417 e. The highest BCUT2D eigenvalue weighted by molar-refractivity contribution is 6.04. The number of halogens is 3. The summed E-state index contributed by atoms with van der Waals surface area (Å²) < 4.78 is 54.1. The Hall–Kier alpha value is -7.76. The summed E-state index contributed by atoms with van der Waals surface area (Å²) in [6.07, 6.45) is -1.42. The third kappa shape index (κ3) is 12.2. The van der Waals surface area contributed by atoms with Gasteiger partial charge >= 0.3 is 18.4 Å². The lowest BCUT2D eigenvalue weighted by Crippen LogP contribution is -2.49. The van der Waals surface area contributed by atoms with Crippen molar-refractivity contribution in [2.45, 2.75) is 13.1 Å². The fourth-order valence-electron chi connectivity index (χ4n) is 6.41. The van der Waals surface area contributed by atoms with Crippen molar-refractivity contribution in [3.63, 3.8) is 0 Å². The molecule has 2 aromatic carbocycles. The van der Waals surface area contributed by atoms with Crippen molar-refractivity contribution >= 4 is 35.4 Å². The lowest BCUT2D eigenvalue weighted by atomic mass is 10.2. The summed E-state index contributed by atoms with van der Waals surface area (Å²) in [5.74, 6) is 2.45. The number of benzene rings is 2. The van der Waals surface area contributed by atoms with Crippen LogP contribution in [-0.2, 0) is 6.18 Å². The molecule has 0 bridgehead atoms. The Morgan fingerprint density at radius 1 is 0.587 bits per heavy atom. The monoisotopic (exact) mass is 861 g/mol. The first-order valence-electron chi connectivity index (χ1n) is 19.9. The summed E-state index contributed by atoms with van der Waals surface area (Å²) in [7, 11) is 0. The second-order valence-corrected chi connectivity index (χ2v) is 14.2. The van der Waals surface area contributed by atoms with E-state index in [-0.39, 0.29) is 17.7 Å². The van der Waals surface area contributed by atoms with Gasteiger partial charge in [-0.2, -0.15) is 13.2 Å². The zero-order valence-corrected chi connectivity index (χ0v) is 34.0. The summed E-state index contributed by atoms with van der Waals surface area (Å²) in [4.78, 5) is 61.2. The molecule has 2 fully saturated rings. The van der Waals surface area contributed by atoms with Crippen LogP contribution in [0.25, 0.3) is 0 Å². The van der Waals surface area contributed by atoms with Crippen LogP contribution in [0.1, 0.15) is 21.6 Å². The molecule has 0 radical (unpaired) electrons. The highest BCUT2D eigenvalue weighted by Gasteiger charge is 2.31. The molecule has 1 N–H and O–H groups in total. The Morgan fingerprint density at radius 3 is 1.78 bits per heavy atom. The van der Waals surface area contributed by atoms with Crippen LogP contribution >= 0.6 is 0 Å². The molecule has 0 saturated carbocycles. The minimum atomic E-state index is -4.46. The van der Waals surface area contributed by atoms with Crippen LogP contribution in [0.3, 0.4) is 0 Å². The SMILES string of the molecule is Cc1cccc(N2CCN(C(=O)Oc3ccc(Oc4ccc(C(F)(F)F)cn4)cc3)CC2)n1.O=C(Nc1ccc(OC(=O)N2CCN(c3ccccn3)CC2)nc1)c1ccccc1. The van der Waals surface area contributed by atoms with E-state index in [0.717, 1.165) is 29.5 Å². The summed E-state index contributed by atoms with van der Waals surface area (Å²) in [6.45, 7) is 6.71. The molecule has 2 saturated heterocycles. The Bertz CT molecular complexity index is 2430. The maximum absolute atomic E-state index is 12.6. The van der Waals surface area contributed by atoms with E-state index < -0.39 is 23.9 Å². The van der Waals surface area contributed by atoms with E-state index >= 15 is 0 Å². The van der Waals surface area contributed by atoms with Crippen molar-refractivity contribution in [2.24, 2.45) is 0 Å². The minimum absolute atomic E-state index is 0.0220. The van der Waals surface area contributed by atoms with Gasteiger partial charge in [0.05, 0.1) is 17.4 Å². The number of hydrogen-bond acceptors (Lipinski definition) is 12. The van der Waals surface area contributed by atoms with Gasteiger partial charge in [0.1, 0.15) is 23.1 Å². The average molecular weight is 862 g/mol. The molecule has 0 spiro atoms. The topological polar surface area (TPSA) is 155 Å². The standard InChI is InChI=1S/C23H21F3N4O3.C22H21N5O3/c1-16-3-2-4-20(28-16)29-11-13-30(14-12-29)22(31)33-19-8-6-18(7-9-19)32-21-10-5-17(15-27-21)23(24,25)26;28-21(17-6-2-1-3-7-17)25-18-9-10-20(24-16-18)30-22(29)27-14-12-26(13-15-27)19-8-4-5-11-23-19/h2-10,15H,11-14H2,1H3;1-11,16H,12-15H2,(H,25,28). The molecule has 15 nitrogen and oxygen atoms in total. The molecular formula is C45H42F3N9O6. The molecule has 0 unspecified atom stereocenters. The zero-order chi connectivity index (χ0) is 44.2. The van der Waals surface area contributed by atoms with Gasteiger partial charge < -0.3 is 39.1 Å². The number of aromatic nitrogens is 4. The van der Waals surface area contributed by atoms with Crippen LogP contribution in [0.5, 0.6) is 23.3 Å². The van der Waals surface area contributed by atoms with Crippen LogP contribution in [0.4, 0.5) is 40.1 Å². The molecule has 63 heavy (non-hydrogen) atoms. The van der Waals surface area contributed by atoms with Crippen molar-refractivity contribution in [2.75, 3.05) is 67.5 Å². The predicted octanol–water partition coefficient (Wildman–Crippen LogP) is 7.97. The van der Waals surface area contributed by atoms with E-state index in [2.05, 4.69) is 35.1 Å². The molecule has 8 rings (SSSR count). The summed E-state index contributed by atoms with van der Waals surface area (Å²) >= 11 is 0. The molecule has 3 amide bonds. The van der Waals surface area contributed by atoms with E-state index in [1.807, 2.05) is 49.4 Å². The Morgan fingerprint density at radius 2 is 1.19 bits per heavy atom. The highest BCUT2D eigenvalue weighted by Crippen LogP contribution is 2.30. The van der Waals surface area contributed by atoms with Gasteiger partial charge in [-0.25, -0.2) is 29.5 Å². The molecule has 0 atom stereocenters. The maximum atomic E-state index is 12.6. The van der Waals surface area contributed by atoms with Crippen LogP contribution < -0.4 is 29.3 Å². The first kappa shape index (κ1) is 43.3. The fourth-order valence-corrected chi connectivity index (χ4v) is 6.41. The molecule has 6 heterocycles. The molecular weight excluding hydrogens is 820 g/mol. The van der Waals surface area contributed by atoms with Crippen molar-refractivity contribution in [3.8, 4) is 23.3 Å². The number of nitrogens with one attached hydrogen (secondary N) is 1. The highest BCUT2D eigenvalue weighted by atomic mass is 19.4. The number of anilines is 3. The largest absolute Gasteiger partial charge is 0.439 e. The minimum Gasteiger partial charge on any atom is -0.439 e. The fraction of sp³-hybridized carbons (Fsp3) is 0.222. The number of carbonyl (C=O) groups is 3. The van der Waals surface area contributed by atoms with Gasteiger partial charge in [0, 0.05) is 88.1 Å². The average Bonchev–Trinajstić information content (AvgIpc) is 3.31. The van der Waals surface area contributed by atoms with Gasteiger partial charge in [-0.3, -0.25) is 4.79 Å². The van der Waals surface area contributed by atoms with E-state index in [4.69, 9.17) is 14.2 Å².